The first-order valence-electron chi connectivity index (χ1n) is 8.19. The molecule has 1 aromatic heterocycles. The van der Waals surface area contributed by atoms with E-state index < -0.39 is 5.41 Å². The van der Waals surface area contributed by atoms with Crippen molar-refractivity contribution in [1.82, 2.24) is 20.1 Å². The van der Waals surface area contributed by atoms with Crippen molar-refractivity contribution in [3.63, 3.8) is 0 Å². The van der Waals surface area contributed by atoms with Crippen LogP contribution in [0.3, 0.4) is 0 Å². The summed E-state index contributed by atoms with van der Waals surface area (Å²) in [6.07, 6.45) is 2.57. The highest BCUT2D eigenvalue weighted by molar-refractivity contribution is 7.99. The molecule has 1 atom stereocenters. The van der Waals surface area contributed by atoms with Gasteiger partial charge in [-0.15, -0.1) is 10.2 Å². The highest BCUT2D eigenvalue weighted by Gasteiger charge is 2.66. The first kappa shape index (κ1) is 17.0. The summed E-state index contributed by atoms with van der Waals surface area (Å²) in [5.74, 6) is 0.915. The number of thioether (sulfide) groups is 1. The van der Waals surface area contributed by atoms with Gasteiger partial charge in [-0.1, -0.05) is 55.4 Å². The Bertz CT molecular complexity index is 738. The summed E-state index contributed by atoms with van der Waals surface area (Å²) in [6, 6.07) is 8.36. The first-order chi connectivity index (χ1) is 11.4. The minimum absolute atomic E-state index is 0.00305. The molecule has 6 heteroatoms. The molecular weight excluding hydrogens is 320 g/mol. The van der Waals surface area contributed by atoms with E-state index in [-0.39, 0.29) is 11.3 Å². The van der Waals surface area contributed by atoms with Crippen LogP contribution in [0.25, 0.3) is 0 Å². The van der Waals surface area contributed by atoms with E-state index in [1.54, 1.807) is 18.1 Å². The maximum Gasteiger partial charge on any atom is 0.231 e. The molecule has 1 amide bonds. The third-order valence-electron chi connectivity index (χ3n) is 4.96. The van der Waals surface area contributed by atoms with Gasteiger partial charge in [0.15, 0.2) is 5.16 Å². The molecular formula is C18H24N4OS. The van der Waals surface area contributed by atoms with Gasteiger partial charge in [0.2, 0.25) is 5.91 Å². The standard InChI is InChI=1S/C18H24N4OS/c1-13-5-7-14(8-6-13)18(11-17(18,2)3)15(23)19-9-10-24-16-21-20-12-22(16)4/h5-8,12H,9-11H2,1-4H3,(H,19,23)/t18-/m1/s1. The lowest BCUT2D eigenvalue weighted by Crippen LogP contribution is -2.38. The average molecular weight is 344 g/mol. The SMILES string of the molecule is Cc1ccc([C@@]2(C(=O)NCCSc3nncn3C)CC2(C)C)cc1. The molecule has 0 radical (unpaired) electrons. The maximum absolute atomic E-state index is 12.9. The van der Waals surface area contributed by atoms with Crippen LogP contribution in [0.2, 0.25) is 0 Å². The normalized spacial score (nSPS) is 21.5. The van der Waals surface area contributed by atoms with Gasteiger partial charge in [0.1, 0.15) is 6.33 Å². The summed E-state index contributed by atoms with van der Waals surface area (Å²) in [4.78, 5) is 12.9. The van der Waals surface area contributed by atoms with Crippen LogP contribution in [0, 0.1) is 12.3 Å². The topological polar surface area (TPSA) is 59.8 Å². The van der Waals surface area contributed by atoms with Crippen LogP contribution < -0.4 is 5.32 Å². The number of aromatic nitrogens is 3. The Morgan fingerprint density at radius 3 is 2.54 bits per heavy atom. The van der Waals surface area contributed by atoms with Crippen molar-refractivity contribution in [1.29, 1.82) is 0 Å². The Hall–Kier alpha value is -1.82. The molecule has 1 N–H and O–H groups in total. The van der Waals surface area contributed by atoms with Gasteiger partial charge in [-0.25, -0.2) is 0 Å². The Labute approximate surface area is 147 Å². The van der Waals surface area contributed by atoms with Crippen molar-refractivity contribution >= 4 is 17.7 Å². The molecule has 5 nitrogen and oxygen atoms in total. The molecule has 1 fully saturated rings. The lowest BCUT2D eigenvalue weighted by Gasteiger charge is -2.21. The fraction of sp³-hybridized carbons (Fsp3) is 0.500. The molecule has 1 heterocycles. The van der Waals surface area contributed by atoms with Crippen LogP contribution in [-0.4, -0.2) is 33.0 Å². The molecule has 2 aromatic rings. The van der Waals surface area contributed by atoms with Gasteiger partial charge in [-0.05, 0) is 24.3 Å². The van der Waals surface area contributed by atoms with Crippen LogP contribution in [0.5, 0.6) is 0 Å². The van der Waals surface area contributed by atoms with Gasteiger partial charge in [0.05, 0.1) is 5.41 Å². The van der Waals surface area contributed by atoms with E-state index in [4.69, 9.17) is 0 Å². The minimum Gasteiger partial charge on any atom is -0.354 e. The van der Waals surface area contributed by atoms with Gasteiger partial charge in [-0.3, -0.25) is 4.79 Å². The number of carbonyl (C=O) groups excluding carboxylic acids is 1. The van der Waals surface area contributed by atoms with Crippen molar-refractivity contribution in [3.05, 3.63) is 41.7 Å². The zero-order valence-corrected chi connectivity index (χ0v) is 15.5. The van der Waals surface area contributed by atoms with Crippen LogP contribution in [-0.2, 0) is 17.3 Å². The zero-order chi connectivity index (χ0) is 17.4. The number of carbonyl (C=O) groups is 1. The van der Waals surface area contributed by atoms with E-state index in [1.807, 2.05) is 11.6 Å². The van der Waals surface area contributed by atoms with Crippen LogP contribution in [0.1, 0.15) is 31.4 Å². The quantitative estimate of drug-likeness (QED) is 0.646. The summed E-state index contributed by atoms with van der Waals surface area (Å²) in [7, 11) is 1.92. The van der Waals surface area contributed by atoms with Crippen molar-refractivity contribution < 1.29 is 4.79 Å². The average Bonchev–Trinajstić information content (AvgIpc) is 2.91. The summed E-state index contributed by atoms with van der Waals surface area (Å²) in [5, 5.41) is 11.9. The molecule has 24 heavy (non-hydrogen) atoms. The van der Waals surface area contributed by atoms with E-state index in [9.17, 15) is 4.79 Å². The van der Waals surface area contributed by atoms with Crippen LogP contribution in [0.4, 0.5) is 0 Å². The number of amides is 1. The van der Waals surface area contributed by atoms with Gasteiger partial charge < -0.3 is 9.88 Å². The van der Waals surface area contributed by atoms with Crippen LogP contribution in [0.15, 0.2) is 35.7 Å². The lowest BCUT2D eigenvalue weighted by atomic mass is 9.86. The van der Waals surface area contributed by atoms with Crippen molar-refractivity contribution in [2.75, 3.05) is 12.3 Å². The monoisotopic (exact) mass is 344 g/mol. The van der Waals surface area contributed by atoms with Gasteiger partial charge in [0.25, 0.3) is 0 Å². The molecule has 3 rings (SSSR count). The number of nitrogens with zero attached hydrogens (tertiary/aromatic N) is 3. The number of nitrogens with one attached hydrogen (secondary N) is 1. The van der Waals surface area contributed by atoms with Crippen molar-refractivity contribution in [3.8, 4) is 0 Å². The summed E-state index contributed by atoms with van der Waals surface area (Å²) < 4.78 is 1.88. The molecule has 0 aliphatic heterocycles. The van der Waals surface area contributed by atoms with E-state index in [2.05, 4.69) is 60.6 Å². The van der Waals surface area contributed by atoms with E-state index in [0.717, 1.165) is 22.9 Å². The fourth-order valence-corrected chi connectivity index (χ4v) is 4.07. The number of benzene rings is 1. The number of aryl methyl sites for hydroxylation is 2. The Balaban J connectivity index is 1.62. The van der Waals surface area contributed by atoms with E-state index in [0.29, 0.717) is 6.54 Å². The summed E-state index contributed by atoms with van der Waals surface area (Å²) in [5.41, 5.74) is 1.95. The fourth-order valence-electron chi connectivity index (χ4n) is 3.33. The molecule has 128 valence electrons. The van der Waals surface area contributed by atoms with Gasteiger partial charge in [0, 0.05) is 19.3 Å². The number of hydrogen-bond acceptors (Lipinski definition) is 4. The lowest BCUT2D eigenvalue weighted by molar-refractivity contribution is -0.124. The molecule has 1 saturated carbocycles. The highest BCUT2D eigenvalue weighted by Crippen LogP contribution is 2.64. The molecule has 0 saturated heterocycles. The van der Waals surface area contributed by atoms with Crippen molar-refractivity contribution in [2.45, 2.75) is 37.8 Å². The molecule has 0 spiro atoms. The largest absolute Gasteiger partial charge is 0.354 e. The first-order valence-corrected chi connectivity index (χ1v) is 9.18. The van der Waals surface area contributed by atoms with Gasteiger partial charge >= 0.3 is 0 Å². The minimum atomic E-state index is -0.393. The number of hydrogen-bond donors (Lipinski definition) is 1. The predicted octanol–water partition coefficient (Wildman–Crippen LogP) is 2.70. The van der Waals surface area contributed by atoms with Crippen molar-refractivity contribution in [2.24, 2.45) is 12.5 Å². The summed E-state index contributed by atoms with van der Waals surface area (Å²) in [6.45, 7) is 7.03. The Kier molecular flexibility index (Phi) is 4.42. The maximum atomic E-state index is 12.9. The van der Waals surface area contributed by atoms with E-state index in [1.165, 1.54) is 5.56 Å². The summed E-state index contributed by atoms with van der Waals surface area (Å²) >= 11 is 1.60. The predicted molar refractivity (Wildman–Crippen MR) is 96.0 cm³/mol. The second-order valence-electron chi connectivity index (χ2n) is 7.16. The van der Waals surface area contributed by atoms with Crippen LogP contribution >= 0.6 is 11.8 Å². The molecule has 0 unspecified atom stereocenters. The smallest absolute Gasteiger partial charge is 0.231 e. The van der Waals surface area contributed by atoms with Gasteiger partial charge in [-0.2, -0.15) is 0 Å². The Morgan fingerprint density at radius 2 is 2.00 bits per heavy atom. The number of rotatable bonds is 6. The van der Waals surface area contributed by atoms with E-state index >= 15 is 0 Å². The zero-order valence-electron chi connectivity index (χ0n) is 14.7. The molecule has 1 aliphatic carbocycles. The third kappa shape index (κ3) is 2.95. The Morgan fingerprint density at radius 1 is 1.33 bits per heavy atom. The molecule has 0 bridgehead atoms. The molecule has 1 aliphatic rings. The second-order valence-corrected chi connectivity index (χ2v) is 8.22. The molecule has 1 aromatic carbocycles. The third-order valence-corrected chi connectivity index (χ3v) is 5.99. The highest BCUT2D eigenvalue weighted by atomic mass is 32.2. The second kappa shape index (κ2) is 6.24.